The summed E-state index contributed by atoms with van der Waals surface area (Å²) in [6.07, 6.45) is -4.65. The van der Waals surface area contributed by atoms with Crippen molar-refractivity contribution in [2.24, 2.45) is 5.73 Å². The SMILES string of the molecule is C[C@@H](N)c1cc(Cl)ccc1OCCOC(F)(F)F. The van der Waals surface area contributed by atoms with Crippen LogP contribution in [0.5, 0.6) is 5.75 Å². The molecule has 0 aromatic heterocycles. The predicted molar refractivity (Wildman–Crippen MR) is 61.6 cm³/mol. The Labute approximate surface area is 108 Å². The molecule has 0 spiro atoms. The minimum atomic E-state index is -4.65. The van der Waals surface area contributed by atoms with Gasteiger partial charge in [0.25, 0.3) is 0 Å². The zero-order chi connectivity index (χ0) is 13.8. The van der Waals surface area contributed by atoms with Crippen molar-refractivity contribution < 1.29 is 22.6 Å². The minimum Gasteiger partial charge on any atom is -0.491 e. The maximum absolute atomic E-state index is 11.7. The fourth-order valence-corrected chi connectivity index (χ4v) is 1.50. The molecule has 102 valence electrons. The van der Waals surface area contributed by atoms with Crippen LogP contribution in [0.3, 0.4) is 0 Å². The van der Waals surface area contributed by atoms with Crippen molar-refractivity contribution in [3.63, 3.8) is 0 Å². The van der Waals surface area contributed by atoms with Gasteiger partial charge in [0.2, 0.25) is 0 Å². The fraction of sp³-hybridized carbons (Fsp3) is 0.455. The number of rotatable bonds is 5. The molecule has 0 saturated heterocycles. The molecule has 7 heteroatoms. The highest BCUT2D eigenvalue weighted by molar-refractivity contribution is 6.30. The number of halogens is 4. The molecule has 0 unspecified atom stereocenters. The van der Waals surface area contributed by atoms with Crippen LogP contribution >= 0.6 is 11.6 Å². The minimum absolute atomic E-state index is 0.221. The fourth-order valence-electron chi connectivity index (χ4n) is 1.32. The Balaban J connectivity index is 2.57. The highest BCUT2D eigenvalue weighted by atomic mass is 35.5. The Morgan fingerprint density at radius 2 is 2.00 bits per heavy atom. The summed E-state index contributed by atoms with van der Waals surface area (Å²) < 4.78 is 44.0. The van der Waals surface area contributed by atoms with Gasteiger partial charge in [0.05, 0.1) is 6.61 Å². The second kappa shape index (κ2) is 6.26. The smallest absolute Gasteiger partial charge is 0.491 e. The summed E-state index contributed by atoms with van der Waals surface area (Å²) in [6.45, 7) is 0.927. The van der Waals surface area contributed by atoms with Crippen molar-refractivity contribution in [3.8, 4) is 5.75 Å². The molecule has 0 saturated carbocycles. The summed E-state index contributed by atoms with van der Waals surface area (Å²) in [4.78, 5) is 0. The van der Waals surface area contributed by atoms with E-state index in [1.54, 1.807) is 25.1 Å². The number of nitrogens with two attached hydrogens (primary N) is 1. The molecule has 0 aliphatic heterocycles. The van der Waals surface area contributed by atoms with Crippen molar-refractivity contribution in [3.05, 3.63) is 28.8 Å². The number of ether oxygens (including phenoxy) is 2. The molecule has 0 aliphatic carbocycles. The second-order valence-corrected chi connectivity index (χ2v) is 4.05. The van der Waals surface area contributed by atoms with Gasteiger partial charge in [0, 0.05) is 16.6 Å². The van der Waals surface area contributed by atoms with Crippen molar-refractivity contribution in [1.29, 1.82) is 0 Å². The van der Waals surface area contributed by atoms with Gasteiger partial charge in [-0.05, 0) is 25.1 Å². The van der Waals surface area contributed by atoms with Gasteiger partial charge in [-0.3, -0.25) is 4.74 Å². The lowest BCUT2D eigenvalue weighted by atomic mass is 10.1. The first-order chi connectivity index (χ1) is 8.29. The molecule has 0 fully saturated rings. The quantitative estimate of drug-likeness (QED) is 0.844. The molecule has 2 N–H and O–H groups in total. The molecule has 1 rings (SSSR count). The van der Waals surface area contributed by atoms with E-state index < -0.39 is 13.0 Å². The van der Waals surface area contributed by atoms with Crippen LogP contribution in [0, 0.1) is 0 Å². The predicted octanol–water partition coefficient (Wildman–Crippen LogP) is 3.27. The molecule has 0 radical (unpaired) electrons. The van der Waals surface area contributed by atoms with Gasteiger partial charge in [0.1, 0.15) is 12.4 Å². The number of hydrogen-bond acceptors (Lipinski definition) is 3. The molecule has 0 aliphatic rings. The lowest BCUT2D eigenvalue weighted by molar-refractivity contribution is -0.325. The Morgan fingerprint density at radius 3 is 2.56 bits per heavy atom. The zero-order valence-corrected chi connectivity index (χ0v) is 10.4. The molecule has 0 heterocycles. The van der Waals surface area contributed by atoms with Gasteiger partial charge in [-0.2, -0.15) is 0 Å². The van der Waals surface area contributed by atoms with Gasteiger partial charge in [0.15, 0.2) is 0 Å². The Bertz CT molecular complexity index is 396. The van der Waals surface area contributed by atoms with E-state index in [1.165, 1.54) is 0 Å². The summed E-state index contributed by atoms with van der Waals surface area (Å²) in [5.41, 5.74) is 6.34. The van der Waals surface area contributed by atoms with Crippen LogP contribution in [-0.4, -0.2) is 19.6 Å². The van der Waals surface area contributed by atoms with E-state index in [1.807, 2.05) is 0 Å². The zero-order valence-electron chi connectivity index (χ0n) is 9.63. The summed E-state index contributed by atoms with van der Waals surface area (Å²) in [7, 11) is 0. The first kappa shape index (κ1) is 15.1. The monoisotopic (exact) mass is 283 g/mol. The summed E-state index contributed by atoms with van der Waals surface area (Å²) >= 11 is 5.80. The van der Waals surface area contributed by atoms with E-state index in [9.17, 15) is 13.2 Å². The average Bonchev–Trinajstić information content (AvgIpc) is 2.24. The average molecular weight is 284 g/mol. The van der Waals surface area contributed by atoms with Gasteiger partial charge >= 0.3 is 6.36 Å². The first-order valence-corrected chi connectivity index (χ1v) is 5.56. The lowest BCUT2D eigenvalue weighted by Crippen LogP contribution is -2.18. The van der Waals surface area contributed by atoms with E-state index in [4.69, 9.17) is 22.1 Å². The number of alkyl halides is 3. The topological polar surface area (TPSA) is 44.5 Å². The number of hydrogen-bond donors (Lipinski definition) is 1. The molecule has 0 bridgehead atoms. The first-order valence-electron chi connectivity index (χ1n) is 5.18. The third-order valence-electron chi connectivity index (χ3n) is 2.07. The molecule has 0 amide bonds. The molecule has 3 nitrogen and oxygen atoms in total. The highest BCUT2D eigenvalue weighted by Crippen LogP contribution is 2.27. The van der Waals surface area contributed by atoms with E-state index in [-0.39, 0.29) is 12.6 Å². The maximum atomic E-state index is 11.7. The van der Waals surface area contributed by atoms with E-state index in [0.717, 1.165) is 0 Å². The van der Waals surface area contributed by atoms with Gasteiger partial charge in [-0.15, -0.1) is 13.2 Å². The number of benzene rings is 1. The third-order valence-corrected chi connectivity index (χ3v) is 2.30. The molecular weight excluding hydrogens is 271 g/mol. The van der Waals surface area contributed by atoms with Gasteiger partial charge in [-0.25, -0.2) is 0 Å². The summed E-state index contributed by atoms with van der Waals surface area (Å²) in [6, 6.07) is 4.43. The third kappa shape index (κ3) is 5.12. The lowest BCUT2D eigenvalue weighted by Gasteiger charge is -2.14. The van der Waals surface area contributed by atoms with Crippen LogP contribution < -0.4 is 10.5 Å². The van der Waals surface area contributed by atoms with E-state index in [2.05, 4.69) is 4.74 Å². The Kier molecular flexibility index (Phi) is 5.25. The molecular formula is C11H13ClF3NO2. The highest BCUT2D eigenvalue weighted by Gasteiger charge is 2.28. The maximum Gasteiger partial charge on any atom is 0.522 e. The summed E-state index contributed by atoms with van der Waals surface area (Å²) in [5.74, 6) is 0.403. The molecule has 18 heavy (non-hydrogen) atoms. The van der Waals surface area contributed by atoms with Gasteiger partial charge in [-0.1, -0.05) is 11.6 Å². The van der Waals surface area contributed by atoms with Crippen molar-refractivity contribution in [1.82, 2.24) is 0 Å². The molecule has 1 aromatic rings. The van der Waals surface area contributed by atoms with Crippen molar-refractivity contribution >= 4 is 11.6 Å². The summed E-state index contributed by atoms with van der Waals surface area (Å²) in [5, 5.41) is 0.487. The van der Waals surface area contributed by atoms with Crippen molar-refractivity contribution in [2.75, 3.05) is 13.2 Å². The van der Waals surface area contributed by atoms with Crippen LogP contribution in [-0.2, 0) is 4.74 Å². The van der Waals surface area contributed by atoms with E-state index in [0.29, 0.717) is 16.3 Å². The molecule has 1 atom stereocenters. The molecule has 1 aromatic carbocycles. The van der Waals surface area contributed by atoms with Crippen LogP contribution in [0.4, 0.5) is 13.2 Å². The van der Waals surface area contributed by atoms with Crippen LogP contribution in [0.25, 0.3) is 0 Å². The van der Waals surface area contributed by atoms with Crippen LogP contribution in [0.15, 0.2) is 18.2 Å². The normalized spacial score (nSPS) is 13.4. The second-order valence-electron chi connectivity index (χ2n) is 3.61. The standard InChI is InChI=1S/C11H13ClF3NO2/c1-7(16)9-6-8(12)2-3-10(9)17-4-5-18-11(13,14)15/h2-3,6-7H,4-5,16H2,1H3/t7-/m1/s1. The van der Waals surface area contributed by atoms with Crippen molar-refractivity contribution in [2.45, 2.75) is 19.3 Å². The largest absolute Gasteiger partial charge is 0.522 e. The van der Waals surface area contributed by atoms with Crippen LogP contribution in [0.2, 0.25) is 5.02 Å². The van der Waals surface area contributed by atoms with Gasteiger partial charge < -0.3 is 10.5 Å². The van der Waals surface area contributed by atoms with Crippen LogP contribution in [0.1, 0.15) is 18.5 Å². The Morgan fingerprint density at radius 1 is 1.33 bits per heavy atom. The van der Waals surface area contributed by atoms with E-state index >= 15 is 0 Å². The Hall–Kier alpha value is -0.980.